The van der Waals surface area contributed by atoms with E-state index >= 15 is 0 Å². The molecule has 1 aliphatic carbocycles. The van der Waals surface area contributed by atoms with Gasteiger partial charge in [-0.15, -0.1) is 0 Å². The van der Waals surface area contributed by atoms with E-state index in [4.69, 9.17) is 11.5 Å². The number of Topliss-reactive ketones (excluding diaryl/α,β-unsaturated/α-hetero) is 1. The molecular weight excluding hydrogens is 312 g/mol. The van der Waals surface area contributed by atoms with E-state index in [9.17, 15) is 19.2 Å². The lowest BCUT2D eigenvalue weighted by Crippen LogP contribution is -2.53. The summed E-state index contributed by atoms with van der Waals surface area (Å²) < 4.78 is 0. The highest BCUT2D eigenvalue weighted by molar-refractivity contribution is 6.38. The third-order valence-corrected chi connectivity index (χ3v) is 4.31. The van der Waals surface area contributed by atoms with Crippen LogP contribution >= 0.6 is 0 Å². The molecule has 6 N–H and O–H groups in total. The predicted molar refractivity (Wildman–Crippen MR) is 88.6 cm³/mol. The van der Waals surface area contributed by atoms with Gasteiger partial charge in [0.15, 0.2) is 0 Å². The lowest BCUT2D eigenvalue weighted by Gasteiger charge is -2.28. The molecule has 2 unspecified atom stereocenters. The fourth-order valence-corrected chi connectivity index (χ4v) is 2.97. The molecule has 0 bridgehead atoms. The second-order valence-corrected chi connectivity index (χ2v) is 6.29. The number of rotatable bonds is 9. The van der Waals surface area contributed by atoms with Crippen LogP contribution in [0, 0.1) is 5.92 Å². The van der Waals surface area contributed by atoms with Crippen LogP contribution in [-0.4, -0.2) is 42.1 Å². The normalized spacial score (nSPS) is 17.6. The van der Waals surface area contributed by atoms with Crippen LogP contribution in [0.25, 0.3) is 0 Å². The van der Waals surface area contributed by atoms with Gasteiger partial charge in [-0.3, -0.25) is 19.2 Å². The Morgan fingerprint density at radius 2 is 1.75 bits per heavy atom. The first-order valence-electron chi connectivity index (χ1n) is 8.53. The van der Waals surface area contributed by atoms with Gasteiger partial charge in [-0.05, 0) is 25.2 Å². The van der Waals surface area contributed by atoms with Gasteiger partial charge < -0.3 is 22.1 Å². The Hall–Kier alpha value is -1.96. The third kappa shape index (κ3) is 6.27. The van der Waals surface area contributed by atoms with Crippen molar-refractivity contribution in [2.24, 2.45) is 17.4 Å². The lowest BCUT2D eigenvalue weighted by atomic mass is 9.83. The highest BCUT2D eigenvalue weighted by Crippen LogP contribution is 2.26. The number of amides is 3. The largest absolute Gasteiger partial charge is 0.368 e. The van der Waals surface area contributed by atoms with Gasteiger partial charge in [0, 0.05) is 0 Å². The first-order valence-corrected chi connectivity index (χ1v) is 8.53. The molecule has 8 heteroatoms. The summed E-state index contributed by atoms with van der Waals surface area (Å²) in [5, 5.41) is 4.80. The van der Waals surface area contributed by atoms with Gasteiger partial charge in [-0.1, -0.05) is 32.6 Å². The van der Waals surface area contributed by atoms with E-state index < -0.39 is 35.6 Å². The first kappa shape index (κ1) is 20.1. The molecule has 0 aromatic carbocycles. The second-order valence-electron chi connectivity index (χ2n) is 6.29. The van der Waals surface area contributed by atoms with Crippen LogP contribution in [0.15, 0.2) is 0 Å². The average molecular weight is 340 g/mol. The Kier molecular flexibility index (Phi) is 8.39. The Morgan fingerprint density at radius 3 is 2.29 bits per heavy atom. The maximum Gasteiger partial charge on any atom is 0.289 e. The third-order valence-electron chi connectivity index (χ3n) is 4.31. The Labute approximate surface area is 142 Å². The summed E-state index contributed by atoms with van der Waals surface area (Å²) in [4.78, 5) is 46.9. The zero-order chi connectivity index (χ0) is 18.1. The topological polar surface area (TPSA) is 144 Å². The van der Waals surface area contributed by atoms with Gasteiger partial charge in [0.05, 0.1) is 12.6 Å². The molecule has 1 saturated carbocycles. The van der Waals surface area contributed by atoms with Crippen molar-refractivity contribution in [3.63, 3.8) is 0 Å². The number of ketones is 1. The summed E-state index contributed by atoms with van der Waals surface area (Å²) in [6.45, 7) is 1.47. The summed E-state index contributed by atoms with van der Waals surface area (Å²) in [5.74, 6) is -2.74. The number of hydrogen-bond acceptors (Lipinski definition) is 5. The van der Waals surface area contributed by atoms with E-state index in [-0.39, 0.29) is 12.5 Å². The molecule has 0 saturated heterocycles. The van der Waals surface area contributed by atoms with Crippen molar-refractivity contribution in [1.29, 1.82) is 0 Å². The zero-order valence-corrected chi connectivity index (χ0v) is 14.2. The number of carbonyl (C=O) groups is 4. The molecule has 3 amide bonds. The smallest absolute Gasteiger partial charge is 0.289 e. The summed E-state index contributed by atoms with van der Waals surface area (Å²) in [6, 6.07) is -1.61. The van der Waals surface area contributed by atoms with E-state index in [1.54, 1.807) is 0 Å². The average Bonchev–Trinajstić information content (AvgIpc) is 2.57. The van der Waals surface area contributed by atoms with Crippen molar-refractivity contribution in [1.82, 2.24) is 10.6 Å². The van der Waals surface area contributed by atoms with E-state index in [1.165, 1.54) is 0 Å². The van der Waals surface area contributed by atoms with Crippen LogP contribution < -0.4 is 22.1 Å². The van der Waals surface area contributed by atoms with Gasteiger partial charge in [0.1, 0.15) is 6.04 Å². The van der Waals surface area contributed by atoms with Crippen LogP contribution in [0.5, 0.6) is 0 Å². The fourth-order valence-electron chi connectivity index (χ4n) is 2.97. The molecule has 0 heterocycles. The molecule has 0 spiro atoms. The van der Waals surface area contributed by atoms with Crippen LogP contribution in [-0.2, 0) is 19.2 Å². The Bertz CT molecular complexity index is 475. The minimum atomic E-state index is -0.889. The highest BCUT2D eigenvalue weighted by Gasteiger charge is 2.29. The van der Waals surface area contributed by atoms with Crippen LogP contribution in [0.4, 0.5) is 0 Å². The number of hydrogen-bond donors (Lipinski definition) is 4. The van der Waals surface area contributed by atoms with E-state index in [1.807, 2.05) is 6.92 Å². The molecular formula is C16H28N4O4. The molecule has 1 fully saturated rings. The maximum absolute atomic E-state index is 11.9. The highest BCUT2D eigenvalue weighted by atomic mass is 16.2. The van der Waals surface area contributed by atoms with Crippen molar-refractivity contribution in [3.05, 3.63) is 0 Å². The summed E-state index contributed by atoms with van der Waals surface area (Å²) in [7, 11) is 0. The van der Waals surface area contributed by atoms with Crippen molar-refractivity contribution in [3.8, 4) is 0 Å². The van der Waals surface area contributed by atoms with Crippen LogP contribution in [0.3, 0.4) is 0 Å². The van der Waals surface area contributed by atoms with Crippen LogP contribution in [0.2, 0.25) is 0 Å². The molecule has 8 nitrogen and oxygen atoms in total. The molecule has 0 aromatic rings. The van der Waals surface area contributed by atoms with Gasteiger partial charge >= 0.3 is 0 Å². The molecule has 0 radical (unpaired) electrons. The summed E-state index contributed by atoms with van der Waals surface area (Å²) >= 11 is 0. The Balaban J connectivity index is 2.47. The van der Waals surface area contributed by atoms with Crippen LogP contribution in [0.1, 0.15) is 51.9 Å². The van der Waals surface area contributed by atoms with E-state index in [2.05, 4.69) is 10.6 Å². The van der Waals surface area contributed by atoms with Crippen molar-refractivity contribution < 1.29 is 19.2 Å². The Morgan fingerprint density at radius 1 is 1.12 bits per heavy atom. The molecule has 1 rings (SSSR count). The number of nitrogens with two attached hydrogens (primary N) is 2. The maximum atomic E-state index is 11.9. The number of carbonyl (C=O) groups excluding carboxylic acids is 4. The van der Waals surface area contributed by atoms with Crippen molar-refractivity contribution in [2.45, 2.75) is 64.0 Å². The molecule has 136 valence electrons. The quantitative estimate of drug-likeness (QED) is 0.412. The minimum absolute atomic E-state index is 0.0236. The summed E-state index contributed by atoms with van der Waals surface area (Å²) in [5.41, 5.74) is 11.0. The van der Waals surface area contributed by atoms with Gasteiger partial charge in [0.25, 0.3) is 5.91 Å². The van der Waals surface area contributed by atoms with Gasteiger partial charge in [-0.2, -0.15) is 0 Å². The van der Waals surface area contributed by atoms with E-state index in [0.717, 1.165) is 32.1 Å². The molecule has 0 aliphatic heterocycles. The second kappa shape index (κ2) is 10.0. The molecule has 2 atom stereocenters. The number of nitrogens with one attached hydrogen (secondary N) is 2. The fraction of sp³-hybridized carbons (Fsp3) is 0.750. The molecule has 0 aromatic heterocycles. The predicted octanol–water partition coefficient (Wildman–Crippen LogP) is -0.650. The van der Waals surface area contributed by atoms with E-state index in [0.29, 0.717) is 12.8 Å². The van der Waals surface area contributed by atoms with Crippen molar-refractivity contribution >= 4 is 23.5 Å². The van der Waals surface area contributed by atoms with Gasteiger partial charge in [0.2, 0.25) is 17.6 Å². The molecule has 1 aliphatic rings. The number of primary amides is 1. The van der Waals surface area contributed by atoms with Crippen molar-refractivity contribution in [2.75, 3.05) is 6.54 Å². The first-order chi connectivity index (χ1) is 11.4. The molecule has 24 heavy (non-hydrogen) atoms. The zero-order valence-electron chi connectivity index (χ0n) is 14.2. The minimum Gasteiger partial charge on any atom is -0.368 e. The summed E-state index contributed by atoms with van der Waals surface area (Å²) in [6.07, 6.45) is 5.89. The SMILES string of the molecule is CCCC(N)C(=O)C(=O)NCC(=O)NC(C(N)=O)C1CCCCC1. The standard InChI is InChI=1S/C16H28N4O4/c1-2-6-11(17)14(22)16(24)19-9-12(21)20-13(15(18)23)10-7-4-3-5-8-10/h10-11,13H,2-9,17H2,1H3,(H2,18,23)(H,19,24)(H,20,21). The monoisotopic (exact) mass is 340 g/mol. The van der Waals surface area contributed by atoms with Gasteiger partial charge in [-0.25, -0.2) is 0 Å². The lowest BCUT2D eigenvalue weighted by molar-refractivity contribution is -0.139.